The quantitative estimate of drug-likeness (QED) is 0.102. The van der Waals surface area contributed by atoms with Gasteiger partial charge in [-0.15, -0.1) is 0 Å². The number of benzene rings is 8. The molecule has 0 radical (unpaired) electrons. The minimum Gasteiger partial charge on any atom is -0.454 e. The number of hydrogen-bond acceptors (Lipinski definition) is 3. The zero-order chi connectivity index (χ0) is 39.8. The van der Waals surface area contributed by atoms with E-state index in [9.17, 15) is 9.65 Å². The van der Waals surface area contributed by atoms with Gasteiger partial charge >= 0.3 is 0 Å². The van der Waals surface area contributed by atoms with Crippen LogP contribution in [0.5, 0.6) is 0 Å². The molecule has 0 unspecified atom stereocenters. The minimum absolute atomic E-state index is 0.262. The number of halogens is 5. The van der Waals surface area contributed by atoms with Gasteiger partial charge in [-0.25, -0.2) is 22.0 Å². The Kier molecular flexibility index (Phi) is 6.66. The Morgan fingerprint density at radius 1 is 0.424 bits per heavy atom. The predicted octanol–water partition coefficient (Wildman–Crippen LogP) is 13.9. The van der Waals surface area contributed by atoms with Crippen molar-refractivity contribution in [3.05, 3.63) is 168 Å². The Morgan fingerprint density at radius 2 is 0.831 bits per heavy atom. The normalized spacial score (nSPS) is 12.1. The van der Waals surface area contributed by atoms with Gasteiger partial charge in [-0.2, -0.15) is 5.26 Å². The molecule has 0 saturated carbocycles. The van der Waals surface area contributed by atoms with E-state index < -0.39 is 40.2 Å². The molecule has 10 heteroatoms. The molecular weight excluding hydrogens is 758 g/mol. The number of aromatic nitrogens is 2. The second-order valence-corrected chi connectivity index (χ2v) is 14.5. The van der Waals surface area contributed by atoms with Crippen LogP contribution in [0.25, 0.3) is 110 Å². The van der Waals surface area contributed by atoms with Gasteiger partial charge in [0.25, 0.3) is 0 Å². The van der Waals surface area contributed by atoms with Crippen molar-refractivity contribution in [3.8, 4) is 28.6 Å². The summed E-state index contributed by atoms with van der Waals surface area (Å²) in [5.41, 5.74) is 3.52. The summed E-state index contributed by atoms with van der Waals surface area (Å²) >= 11 is 0. The molecule has 12 rings (SSSR count). The van der Waals surface area contributed by atoms with Crippen molar-refractivity contribution in [1.29, 1.82) is 5.26 Å². The third-order valence-electron chi connectivity index (χ3n) is 11.6. The van der Waals surface area contributed by atoms with Crippen molar-refractivity contribution in [2.75, 3.05) is 0 Å². The Morgan fingerprint density at radius 3 is 1.32 bits per heavy atom. The topological polar surface area (TPSA) is 59.9 Å². The molecule has 0 atom stereocenters. The number of nitriles is 1. The average molecular weight is 780 g/mol. The first-order chi connectivity index (χ1) is 28.8. The van der Waals surface area contributed by atoms with Gasteiger partial charge in [0.2, 0.25) is 5.82 Å². The lowest BCUT2D eigenvalue weighted by atomic mass is 9.96. The van der Waals surface area contributed by atoms with E-state index in [2.05, 4.69) is 0 Å². The van der Waals surface area contributed by atoms with Crippen LogP contribution in [-0.2, 0) is 0 Å². The summed E-state index contributed by atoms with van der Waals surface area (Å²) < 4.78 is 93.4. The fraction of sp³-hybridized carbons (Fsp3) is 0. The highest BCUT2D eigenvalue weighted by Crippen LogP contribution is 2.46. The van der Waals surface area contributed by atoms with E-state index in [0.717, 1.165) is 43.1 Å². The summed E-state index contributed by atoms with van der Waals surface area (Å²) in [6, 6.07) is 43.2. The number of rotatable bonds is 3. The third kappa shape index (κ3) is 4.30. The molecule has 5 nitrogen and oxygen atoms in total. The van der Waals surface area contributed by atoms with Crippen molar-refractivity contribution >= 4 is 87.5 Å². The van der Waals surface area contributed by atoms with Gasteiger partial charge in [0, 0.05) is 48.7 Å². The van der Waals surface area contributed by atoms with E-state index in [1.165, 1.54) is 12.1 Å². The standard InChI is InChI=1S/C49H22F5N3O2/c50-41-40(42(51)44(53)45(54)43(41)52)33-22-37(57-35-14-6-2-10-26(35)30-18-20-32-28-12-4-8-16-39(28)59-49(32)47(30)57)36(21-24(33)23-55)56-34-13-5-1-9-25(34)29-17-19-31-27-11-3-7-15-38(27)58-48(31)46(29)56/h1-22H. The summed E-state index contributed by atoms with van der Waals surface area (Å²) in [7, 11) is 0. The molecule has 0 fully saturated rings. The minimum atomic E-state index is -2.30. The molecule has 0 spiro atoms. The van der Waals surface area contributed by atoms with Crippen LogP contribution >= 0.6 is 0 Å². The maximum atomic E-state index is 15.9. The van der Waals surface area contributed by atoms with Crippen molar-refractivity contribution in [2.45, 2.75) is 0 Å². The molecule has 0 saturated heterocycles. The zero-order valence-corrected chi connectivity index (χ0v) is 30.2. The molecule has 0 amide bonds. The van der Waals surface area contributed by atoms with Crippen molar-refractivity contribution in [1.82, 2.24) is 9.13 Å². The Bertz CT molecular complexity index is 3850. The number of para-hydroxylation sites is 4. The lowest BCUT2D eigenvalue weighted by molar-refractivity contribution is 0.381. The van der Waals surface area contributed by atoms with Crippen LogP contribution in [0.1, 0.15) is 5.56 Å². The molecule has 4 heterocycles. The van der Waals surface area contributed by atoms with E-state index >= 15 is 17.6 Å². The lowest BCUT2D eigenvalue weighted by Crippen LogP contribution is -2.08. The molecule has 59 heavy (non-hydrogen) atoms. The van der Waals surface area contributed by atoms with E-state index in [1.807, 2.05) is 137 Å². The smallest absolute Gasteiger partial charge is 0.200 e. The molecular formula is C49H22F5N3O2. The summed E-state index contributed by atoms with van der Waals surface area (Å²) in [6.07, 6.45) is 0. The maximum absolute atomic E-state index is 15.9. The molecule has 0 aliphatic heterocycles. The van der Waals surface area contributed by atoms with Crippen molar-refractivity contribution < 1.29 is 30.8 Å². The van der Waals surface area contributed by atoms with Crippen LogP contribution in [0.2, 0.25) is 0 Å². The second kappa shape index (κ2) is 11.8. The summed E-state index contributed by atoms with van der Waals surface area (Å²) in [5.74, 6) is -10.7. The van der Waals surface area contributed by atoms with Crippen LogP contribution in [-0.4, -0.2) is 9.13 Å². The highest BCUT2D eigenvalue weighted by Gasteiger charge is 2.31. The first-order valence-corrected chi connectivity index (χ1v) is 18.6. The van der Waals surface area contributed by atoms with Gasteiger partial charge in [0.1, 0.15) is 11.2 Å². The van der Waals surface area contributed by atoms with Crippen LogP contribution in [0.3, 0.4) is 0 Å². The highest BCUT2D eigenvalue weighted by atomic mass is 19.2. The number of furan rings is 2. The Hall–Kier alpha value is -7.90. The van der Waals surface area contributed by atoms with E-state index in [-0.39, 0.29) is 11.3 Å². The molecule has 0 aliphatic carbocycles. The molecule has 12 aromatic rings. The zero-order valence-electron chi connectivity index (χ0n) is 30.2. The van der Waals surface area contributed by atoms with Gasteiger partial charge in [-0.3, -0.25) is 0 Å². The molecule has 0 N–H and O–H groups in total. The second-order valence-electron chi connectivity index (χ2n) is 14.5. The van der Waals surface area contributed by atoms with E-state index in [4.69, 9.17) is 8.83 Å². The van der Waals surface area contributed by atoms with Gasteiger partial charge in [-0.1, -0.05) is 84.9 Å². The molecule has 280 valence electrons. The molecule has 0 bridgehead atoms. The van der Waals surface area contributed by atoms with Gasteiger partial charge < -0.3 is 18.0 Å². The SMILES string of the molecule is N#Cc1cc(-n2c3ccccc3c3ccc4c5ccccc5oc4c32)c(-n2c3ccccc3c3ccc4c5ccccc5oc4c32)cc1-c1c(F)c(F)c(F)c(F)c1F. The largest absolute Gasteiger partial charge is 0.454 e. The van der Waals surface area contributed by atoms with Crippen LogP contribution in [0, 0.1) is 40.4 Å². The van der Waals surface area contributed by atoms with Gasteiger partial charge in [0.15, 0.2) is 34.4 Å². The monoisotopic (exact) mass is 779 g/mol. The first-order valence-electron chi connectivity index (χ1n) is 18.6. The number of fused-ring (bicyclic) bond motifs is 14. The van der Waals surface area contributed by atoms with E-state index in [1.54, 1.807) is 0 Å². The summed E-state index contributed by atoms with van der Waals surface area (Å²) in [6.45, 7) is 0. The number of nitrogens with zero attached hydrogens (tertiary/aromatic N) is 3. The maximum Gasteiger partial charge on any atom is 0.200 e. The summed E-state index contributed by atoms with van der Waals surface area (Å²) in [4.78, 5) is 0. The van der Waals surface area contributed by atoms with Gasteiger partial charge in [-0.05, 0) is 48.5 Å². The van der Waals surface area contributed by atoms with Crippen LogP contribution in [0.4, 0.5) is 22.0 Å². The van der Waals surface area contributed by atoms with Crippen molar-refractivity contribution in [3.63, 3.8) is 0 Å². The average Bonchev–Trinajstić information content (AvgIpc) is 4.02. The predicted molar refractivity (Wildman–Crippen MR) is 220 cm³/mol. The van der Waals surface area contributed by atoms with Gasteiger partial charge in [0.05, 0.1) is 50.6 Å². The first kappa shape index (κ1) is 33.3. The number of hydrogen-bond donors (Lipinski definition) is 0. The Labute approximate surface area is 328 Å². The highest BCUT2D eigenvalue weighted by molar-refractivity contribution is 6.23. The van der Waals surface area contributed by atoms with Crippen LogP contribution < -0.4 is 0 Å². The van der Waals surface area contributed by atoms with Crippen molar-refractivity contribution in [2.24, 2.45) is 0 Å². The fourth-order valence-corrected chi connectivity index (χ4v) is 9.04. The molecule has 4 aromatic heterocycles. The molecule has 8 aromatic carbocycles. The lowest BCUT2D eigenvalue weighted by Gasteiger charge is -2.20. The fourth-order valence-electron chi connectivity index (χ4n) is 9.04. The summed E-state index contributed by atoms with van der Waals surface area (Å²) in [5, 5.41) is 17.4. The van der Waals surface area contributed by atoms with Crippen LogP contribution in [0.15, 0.2) is 142 Å². The molecule has 0 aliphatic rings. The van der Waals surface area contributed by atoms with E-state index in [0.29, 0.717) is 50.1 Å². The third-order valence-corrected chi connectivity index (χ3v) is 11.6. The Balaban J connectivity index is 1.33.